The van der Waals surface area contributed by atoms with Crippen molar-refractivity contribution in [2.45, 2.75) is 11.8 Å². The summed E-state index contributed by atoms with van der Waals surface area (Å²) in [6.07, 6.45) is 0. The van der Waals surface area contributed by atoms with Crippen molar-refractivity contribution in [1.82, 2.24) is 0 Å². The van der Waals surface area contributed by atoms with Gasteiger partial charge in [0, 0.05) is 11.3 Å². The predicted molar refractivity (Wildman–Crippen MR) is 92.0 cm³/mol. The molecule has 2 rings (SSSR count). The Morgan fingerprint density at radius 3 is 2.48 bits per heavy atom. The Hall–Kier alpha value is -3.04. The molecule has 0 atom stereocenters. The van der Waals surface area contributed by atoms with E-state index in [9.17, 15) is 22.9 Å². The lowest BCUT2D eigenvalue weighted by Crippen LogP contribution is -2.11. The number of aromatic hydroxyl groups is 1. The van der Waals surface area contributed by atoms with E-state index in [1.807, 2.05) is 0 Å². The highest BCUT2D eigenvalue weighted by atomic mass is 32.2. The van der Waals surface area contributed by atoms with Gasteiger partial charge in [0.1, 0.15) is 11.4 Å². The largest absolute Gasteiger partial charge is 0.506 e. The van der Waals surface area contributed by atoms with E-state index in [1.54, 1.807) is 25.1 Å². The second kappa shape index (κ2) is 7.24. The van der Waals surface area contributed by atoms with Gasteiger partial charge < -0.3 is 10.4 Å². The number of azo groups is 1. The minimum absolute atomic E-state index is 0.223. The van der Waals surface area contributed by atoms with Crippen LogP contribution in [0.4, 0.5) is 17.1 Å². The minimum atomic E-state index is -4.67. The van der Waals surface area contributed by atoms with Crippen LogP contribution in [-0.2, 0) is 14.9 Å². The first-order valence-corrected chi connectivity index (χ1v) is 8.40. The maximum absolute atomic E-state index is 11.6. The number of nitrogens with zero attached hydrogens (tertiary/aromatic N) is 2. The van der Waals surface area contributed by atoms with Crippen LogP contribution in [0.3, 0.4) is 0 Å². The second-order valence-electron chi connectivity index (χ2n) is 5.09. The molecule has 130 valence electrons. The van der Waals surface area contributed by atoms with Gasteiger partial charge >= 0.3 is 0 Å². The minimum Gasteiger partial charge on any atom is -0.506 e. The SMILES string of the molecule is C=C(C)C(=O)Nc1cccc(N=Nc2cccc(O)c2S(=O)(=O)O)c1. The lowest BCUT2D eigenvalue weighted by molar-refractivity contribution is -0.112. The first-order valence-electron chi connectivity index (χ1n) is 6.96. The number of hydrogen-bond donors (Lipinski definition) is 3. The highest BCUT2D eigenvalue weighted by Gasteiger charge is 2.20. The van der Waals surface area contributed by atoms with Crippen molar-refractivity contribution in [3.8, 4) is 5.75 Å². The maximum atomic E-state index is 11.6. The van der Waals surface area contributed by atoms with Gasteiger partial charge in [0.25, 0.3) is 16.0 Å². The van der Waals surface area contributed by atoms with Crippen molar-refractivity contribution in [2.24, 2.45) is 10.2 Å². The number of nitrogens with one attached hydrogen (secondary N) is 1. The molecular weight excluding hydrogens is 346 g/mol. The number of carbonyl (C=O) groups is 1. The summed E-state index contributed by atoms with van der Waals surface area (Å²) in [6.45, 7) is 5.10. The molecule has 3 N–H and O–H groups in total. The van der Waals surface area contributed by atoms with Crippen LogP contribution in [0.1, 0.15) is 6.92 Å². The first kappa shape index (κ1) is 18.3. The summed E-state index contributed by atoms with van der Waals surface area (Å²) in [5.41, 5.74) is 0.892. The predicted octanol–water partition coefficient (Wildman–Crippen LogP) is 3.57. The topological polar surface area (TPSA) is 128 Å². The van der Waals surface area contributed by atoms with E-state index in [4.69, 9.17) is 0 Å². The molecule has 9 heteroatoms. The van der Waals surface area contributed by atoms with Crippen molar-refractivity contribution < 1.29 is 22.9 Å². The molecule has 0 aliphatic heterocycles. The summed E-state index contributed by atoms with van der Waals surface area (Å²) in [4.78, 5) is 10.9. The lowest BCUT2D eigenvalue weighted by atomic mass is 10.2. The molecular formula is C16H15N3O5S. The van der Waals surface area contributed by atoms with E-state index in [-0.39, 0.29) is 11.6 Å². The van der Waals surface area contributed by atoms with Gasteiger partial charge in [-0.15, -0.1) is 5.11 Å². The van der Waals surface area contributed by atoms with Gasteiger partial charge in [-0.05, 0) is 37.3 Å². The number of carbonyl (C=O) groups excluding carboxylic acids is 1. The van der Waals surface area contributed by atoms with Gasteiger partial charge in [0.15, 0.2) is 4.90 Å². The third kappa shape index (κ3) is 4.72. The fourth-order valence-electron chi connectivity index (χ4n) is 1.85. The van der Waals surface area contributed by atoms with Crippen LogP contribution >= 0.6 is 0 Å². The molecule has 0 saturated carbocycles. The summed E-state index contributed by atoms with van der Waals surface area (Å²) in [7, 11) is -4.67. The van der Waals surface area contributed by atoms with E-state index >= 15 is 0 Å². The van der Waals surface area contributed by atoms with E-state index in [1.165, 1.54) is 18.2 Å². The van der Waals surface area contributed by atoms with Crippen LogP contribution < -0.4 is 5.32 Å². The smallest absolute Gasteiger partial charge is 0.300 e. The average molecular weight is 361 g/mol. The zero-order valence-corrected chi connectivity index (χ0v) is 14.0. The van der Waals surface area contributed by atoms with Crippen molar-refractivity contribution in [1.29, 1.82) is 0 Å². The fourth-order valence-corrected chi connectivity index (χ4v) is 2.56. The molecule has 0 saturated heterocycles. The molecule has 0 fully saturated rings. The van der Waals surface area contributed by atoms with Gasteiger partial charge in [0.2, 0.25) is 0 Å². The van der Waals surface area contributed by atoms with Gasteiger partial charge in [-0.25, -0.2) is 0 Å². The Morgan fingerprint density at radius 2 is 1.84 bits per heavy atom. The number of phenolic OH excluding ortho intramolecular Hbond substituents is 1. The quantitative estimate of drug-likeness (QED) is 0.426. The highest BCUT2D eigenvalue weighted by Crippen LogP contribution is 2.33. The number of amides is 1. The average Bonchev–Trinajstić information content (AvgIpc) is 2.52. The van der Waals surface area contributed by atoms with Crippen LogP contribution in [0.25, 0.3) is 0 Å². The molecule has 2 aromatic rings. The van der Waals surface area contributed by atoms with E-state index < -0.39 is 20.8 Å². The summed E-state index contributed by atoms with van der Waals surface area (Å²) >= 11 is 0. The molecule has 25 heavy (non-hydrogen) atoms. The molecule has 0 unspecified atom stereocenters. The molecule has 0 spiro atoms. The van der Waals surface area contributed by atoms with E-state index in [0.717, 1.165) is 6.07 Å². The fraction of sp³-hybridized carbons (Fsp3) is 0.0625. The van der Waals surface area contributed by atoms with E-state index in [2.05, 4.69) is 22.1 Å². The molecule has 0 aliphatic carbocycles. The van der Waals surface area contributed by atoms with Crippen molar-refractivity contribution in [3.05, 3.63) is 54.6 Å². The lowest BCUT2D eigenvalue weighted by Gasteiger charge is -2.05. The Kier molecular flexibility index (Phi) is 5.30. The standard InChI is InChI=1S/C16H15N3O5S/c1-10(2)16(21)17-11-5-3-6-12(9-11)18-19-13-7-4-8-14(20)15(13)25(22,23)24/h3-9,20H,1H2,2H3,(H,17,21)(H,22,23,24). The summed E-state index contributed by atoms with van der Waals surface area (Å²) in [5, 5.41) is 19.9. The van der Waals surface area contributed by atoms with Gasteiger partial charge in [-0.1, -0.05) is 18.7 Å². The Balaban J connectivity index is 2.34. The Bertz CT molecular complexity index is 967. The number of hydrogen-bond acceptors (Lipinski definition) is 6. The number of anilines is 1. The summed E-state index contributed by atoms with van der Waals surface area (Å²) in [6, 6.07) is 10.1. The second-order valence-corrected chi connectivity index (χ2v) is 6.44. The van der Waals surface area contributed by atoms with Gasteiger partial charge in [0.05, 0.1) is 5.69 Å². The molecule has 0 aromatic heterocycles. The van der Waals surface area contributed by atoms with Crippen LogP contribution in [0.2, 0.25) is 0 Å². The molecule has 0 aliphatic rings. The molecule has 2 aromatic carbocycles. The van der Waals surface area contributed by atoms with Crippen LogP contribution in [-0.4, -0.2) is 24.0 Å². The highest BCUT2D eigenvalue weighted by molar-refractivity contribution is 7.86. The van der Waals surface area contributed by atoms with Crippen LogP contribution in [0, 0.1) is 0 Å². The van der Waals surface area contributed by atoms with E-state index in [0.29, 0.717) is 16.9 Å². The van der Waals surface area contributed by atoms with Crippen LogP contribution in [0.15, 0.2) is 69.7 Å². The number of benzene rings is 2. The number of rotatable bonds is 5. The zero-order valence-electron chi connectivity index (χ0n) is 13.2. The molecule has 0 heterocycles. The molecule has 0 radical (unpaired) electrons. The molecule has 1 amide bonds. The first-order chi connectivity index (χ1) is 11.7. The monoisotopic (exact) mass is 361 g/mol. The van der Waals surface area contributed by atoms with Crippen molar-refractivity contribution >= 4 is 33.1 Å². The van der Waals surface area contributed by atoms with Crippen LogP contribution in [0.5, 0.6) is 5.75 Å². The van der Waals surface area contributed by atoms with Gasteiger partial charge in [-0.2, -0.15) is 13.5 Å². The Morgan fingerprint density at radius 1 is 1.16 bits per heavy atom. The summed E-state index contributed by atoms with van der Waals surface area (Å²) in [5.74, 6) is -0.989. The third-order valence-corrected chi connectivity index (χ3v) is 3.93. The normalized spacial score (nSPS) is 11.4. The number of phenols is 1. The zero-order chi connectivity index (χ0) is 18.6. The molecule has 8 nitrogen and oxygen atoms in total. The maximum Gasteiger partial charge on any atom is 0.300 e. The van der Waals surface area contributed by atoms with Crippen molar-refractivity contribution in [2.75, 3.05) is 5.32 Å². The summed E-state index contributed by atoms with van der Waals surface area (Å²) < 4.78 is 31.9. The molecule has 0 bridgehead atoms. The Labute approximate surface area is 144 Å². The third-order valence-electron chi connectivity index (χ3n) is 3.00. The van der Waals surface area contributed by atoms with Crippen molar-refractivity contribution in [3.63, 3.8) is 0 Å². The van der Waals surface area contributed by atoms with Gasteiger partial charge in [-0.3, -0.25) is 9.35 Å².